The fraction of sp³-hybridized carbons (Fsp3) is 0.348. The highest BCUT2D eigenvalue weighted by atomic mass is 19.2. The zero-order chi connectivity index (χ0) is 27.1. The van der Waals surface area contributed by atoms with E-state index in [4.69, 9.17) is 15.2 Å². The number of hydrogen-bond donors (Lipinski definition) is 3. The predicted molar refractivity (Wildman–Crippen MR) is 117 cm³/mol. The van der Waals surface area contributed by atoms with E-state index in [-0.39, 0.29) is 18.9 Å². The van der Waals surface area contributed by atoms with E-state index in [0.717, 1.165) is 0 Å². The van der Waals surface area contributed by atoms with Crippen molar-refractivity contribution in [1.29, 1.82) is 0 Å². The van der Waals surface area contributed by atoms with Crippen LogP contribution in [-0.2, 0) is 25.5 Å². The molecule has 1 aliphatic rings. The number of aromatic nitrogens is 1. The maximum atomic E-state index is 13.9. The molecule has 1 fully saturated rings. The number of primary amides is 1. The second-order valence-electron chi connectivity index (χ2n) is 8.08. The summed E-state index contributed by atoms with van der Waals surface area (Å²) in [4.78, 5) is 53.2. The van der Waals surface area contributed by atoms with Crippen molar-refractivity contribution in [3.05, 3.63) is 59.4 Å². The van der Waals surface area contributed by atoms with Gasteiger partial charge in [-0.25, -0.2) is 13.6 Å². The predicted octanol–water partition coefficient (Wildman–Crippen LogP) is 1.30. The number of carbonyl (C=O) groups is 4. The zero-order valence-electron chi connectivity index (χ0n) is 19.1. The first-order valence-corrected chi connectivity index (χ1v) is 11.0. The van der Waals surface area contributed by atoms with Crippen LogP contribution in [0.3, 0.4) is 0 Å². The monoisotopic (exact) mass is 526 g/mol. The van der Waals surface area contributed by atoms with Gasteiger partial charge in [0.15, 0.2) is 29.3 Å². The topological polar surface area (TPSA) is 150 Å². The molecule has 0 radical (unpaired) electrons. The number of ether oxygens (including phenoxy) is 2. The summed E-state index contributed by atoms with van der Waals surface area (Å²) in [5.41, 5.74) is 5.41. The van der Waals surface area contributed by atoms with Crippen LogP contribution in [0.5, 0.6) is 5.75 Å². The third kappa shape index (κ3) is 7.15. The van der Waals surface area contributed by atoms with E-state index in [2.05, 4.69) is 15.6 Å². The molecule has 2 aromatic rings. The van der Waals surface area contributed by atoms with Gasteiger partial charge in [0.2, 0.25) is 17.5 Å². The summed E-state index contributed by atoms with van der Waals surface area (Å²) in [6.07, 6.45) is -1.49. The molecule has 4 N–H and O–H groups in total. The number of rotatable bonds is 11. The quantitative estimate of drug-likeness (QED) is 0.295. The van der Waals surface area contributed by atoms with Gasteiger partial charge in [-0.2, -0.15) is 8.78 Å². The van der Waals surface area contributed by atoms with Crippen molar-refractivity contribution in [2.45, 2.75) is 31.4 Å². The van der Waals surface area contributed by atoms with Gasteiger partial charge in [0.25, 0.3) is 5.91 Å². The lowest BCUT2D eigenvalue weighted by Gasteiger charge is -2.23. The third-order valence-corrected chi connectivity index (χ3v) is 5.49. The molecule has 1 aliphatic heterocycles. The maximum Gasteiger partial charge on any atom is 0.405 e. The Morgan fingerprint density at radius 3 is 2.43 bits per heavy atom. The largest absolute Gasteiger partial charge is 0.479 e. The normalized spacial score (nSPS) is 16.4. The van der Waals surface area contributed by atoms with Gasteiger partial charge in [-0.05, 0) is 25.0 Å². The average Bonchev–Trinajstić information content (AvgIpc) is 3.26. The van der Waals surface area contributed by atoms with E-state index in [1.807, 2.05) is 0 Å². The summed E-state index contributed by atoms with van der Waals surface area (Å²) in [6, 6.07) is 3.29. The molecule has 1 aromatic carbocycles. The van der Waals surface area contributed by atoms with E-state index in [1.54, 1.807) is 18.2 Å². The van der Waals surface area contributed by atoms with Crippen LogP contribution in [0.15, 0.2) is 30.5 Å². The fourth-order valence-corrected chi connectivity index (χ4v) is 3.65. The molecule has 3 unspecified atom stereocenters. The fourth-order valence-electron chi connectivity index (χ4n) is 3.65. The Bertz CT molecular complexity index is 1160. The Labute approximate surface area is 207 Å². The number of pyridine rings is 1. The lowest BCUT2D eigenvalue weighted by molar-refractivity contribution is -0.135. The summed E-state index contributed by atoms with van der Waals surface area (Å²) in [7, 11) is 0. The van der Waals surface area contributed by atoms with Gasteiger partial charge < -0.3 is 25.8 Å². The summed E-state index contributed by atoms with van der Waals surface area (Å²) in [5, 5.41) is 4.90. The molecule has 14 heteroatoms. The highest BCUT2D eigenvalue weighted by molar-refractivity contribution is 5.92. The summed E-state index contributed by atoms with van der Waals surface area (Å²) < 4.78 is 64.3. The van der Waals surface area contributed by atoms with Gasteiger partial charge >= 0.3 is 6.09 Å². The Morgan fingerprint density at radius 2 is 1.86 bits per heavy atom. The van der Waals surface area contributed by atoms with E-state index in [9.17, 15) is 36.7 Å². The van der Waals surface area contributed by atoms with Crippen LogP contribution in [0.1, 0.15) is 18.5 Å². The second-order valence-corrected chi connectivity index (χ2v) is 8.08. The Balaban J connectivity index is 1.78. The van der Waals surface area contributed by atoms with Crippen LogP contribution in [-0.4, -0.2) is 54.0 Å². The standard InChI is InChI=1S/C23H22F4N4O6/c24-13-9-14(25)19(27)20(18(13)26)36-10-16(32)15(7-11-4-6-30-21(11)33)31-22(34)17(37-23(28)35)8-12-3-1-2-5-29-12/h1-3,5,9,11,15,17H,4,6-8,10H2,(H2,28,35)(H,30,33)(H,31,34). The van der Waals surface area contributed by atoms with Crippen molar-refractivity contribution in [2.24, 2.45) is 11.7 Å². The molecule has 10 nitrogen and oxygen atoms in total. The molecule has 37 heavy (non-hydrogen) atoms. The molecule has 2 heterocycles. The number of halogens is 4. The number of amides is 3. The molecule has 3 amide bonds. The van der Waals surface area contributed by atoms with Crippen LogP contribution < -0.4 is 21.1 Å². The van der Waals surface area contributed by atoms with Crippen LogP contribution in [0.2, 0.25) is 0 Å². The number of carbonyl (C=O) groups excluding carboxylic acids is 4. The van der Waals surface area contributed by atoms with Gasteiger partial charge in [-0.1, -0.05) is 6.07 Å². The molecule has 1 aromatic heterocycles. The minimum atomic E-state index is -1.85. The van der Waals surface area contributed by atoms with Crippen molar-refractivity contribution in [3.63, 3.8) is 0 Å². The number of nitrogens with zero attached hydrogens (tertiary/aromatic N) is 1. The molecule has 3 rings (SSSR count). The number of nitrogens with two attached hydrogens (primary N) is 1. The average molecular weight is 526 g/mol. The molecule has 3 atom stereocenters. The molecule has 0 spiro atoms. The third-order valence-electron chi connectivity index (χ3n) is 5.49. The number of nitrogens with one attached hydrogen (secondary N) is 2. The minimum Gasteiger partial charge on any atom is -0.479 e. The second kappa shape index (κ2) is 12.1. The highest BCUT2D eigenvalue weighted by Gasteiger charge is 2.34. The van der Waals surface area contributed by atoms with Gasteiger partial charge in [0.05, 0.1) is 6.04 Å². The first-order chi connectivity index (χ1) is 17.6. The van der Waals surface area contributed by atoms with Crippen molar-refractivity contribution in [2.75, 3.05) is 13.2 Å². The maximum absolute atomic E-state index is 13.9. The SMILES string of the molecule is NC(=O)OC(Cc1ccccn1)C(=O)NC(CC1CCNC1=O)C(=O)COc1c(F)c(F)cc(F)c1F. The van der Waals surface area contributed by atoms with E-state index in [0.29, 0.717) is 18.7 Å². The van der Waals surface area contributed by atoms with E-state index in [1.165, 1.54) is 6.20 Å². The lowest BCUT2D eigenvalue weighted by Crippen LogP contribution is -2.50. The molecule has 1 saturated heterocycles. The van der Waals surface area contributed by atoms with Crippen molar-refractivity contribution >= 4 is 23.7 Å². The number of Topliss-reactive ketones (excluding diaryl/α,β-unsaturated/α-hetero) is 1. The Hall–Kier alpha value is -4.23. The van der Waals surface area contributed by atoms with E-state index < -0.39 is 77.4 Å². The van der Waals surface area contributed by atoms with Crippen LogP contribution in [0, 0.1) is 29.2 Å². The molecule has 198 valence electrons. The summed E-state index contributed by atoms with van der Waals surface area (Å²) in [5.74, 6) is -11.7. The van der Waals surface area contributed by atoms with Crippen molar-refractivity contribution in [1.82, 2.24) is 15.6 Å². The molecular weight excluding hydrogens is 504 g/mol. The molecular formula is C23H22F4N4O6. The van der Waals surface area contributed by atoms with Crippen molar-refractivity contribution in [3.8, 4) is 5.75 Å². The van der Waals surface area contributed by atoms with Crippen LogP contribution in [0.4, 0.5) is 22.4 Å². The van der Waals surface area contributed by atoms with Gasteiger partial charge in [-0.3, -0.25) is 19.4 Å². The molecule has 0 bridgehead atoms. The van der Waals surface area contributed by atoms with Crippen LogP contribution >= 0.6 is 0 Å². The number of hydrogen-bond acceptors (Lipinski definition) is 7. The first kappa shape index (κ1) is 27.4. The Kier molecular flexibility index (Phi) is 8.98. The number of ketones is 1. The smallest absolute Gasteiger partial charge is 0.405 e. The summed E-state index contributed by atoms with van der Waals surface area (Å²) >= 11 is 0. The van der Waals surface area contributed by atoms with Crippen molar-refractivity contribution < 1.29 is 46.2 Å². The van der Waals surface area contributed by atoms with Crippen LogP contribution in [0.25, 0.3) is 0 Å². The lowest BCUT2D eigenvalue weighted by atomic mass is 9.95. The van der Waals surface area contributed by atoms with Gasteiger partial charge in [0.1, 0.15) is 6.61 Å². The molecule has 0 saturated carbocycles. The zero-order valence-corrected chi connectivity index (χ0v) is 19.1. The number of benzene rings is 1. The Morgan fingerprint density at radius 1 is 1.16 bits per heavy atom. The summed E-state index contributed by atoms with van der Waals surface area (Å²) in [6.45, 7) is -0.793. The highest BCUT2D eigenvalue weighted by Crippen LogP contribution is 2.26. The van der Waals surface area contributed by atoms with E-state index >= 15 is 0 Å². The minimum absolute atomic E-state index is 0.0262. The van der Waals surface area contributed by atoms with Gasteiger partial charge in [-0.15, -0.1) is 0 Å². The molecule has 0 aliphatic carbocycles. The first-order valence-electron chi connectivity index (χ1n) is 11.0. The van der Waals surface area contributed by atoms with Gasteiger partial charge in [0, 0.05) is 36.8 Å².